The van der Waals surface area contributed by atoms with Crippen LogP contribution in [0.4, 0.5) is 0 Å². The van der Waals surface area contributed by atoms with E-state index < -0.39 is 0 Å². The molecular formula is C24H28ClNO2. The van der Waals surface area contributed by atoms with E-state index in [9.17, 15) is 9.90 Å². The molecule has 28 heavy (non-hydrogen) atoms. The first-order chi connectivity index (χ1) is 13.7. The summed E-state index contributed by atoms with van der Waals surface area (Å²) in [5.41, 5.74) is 4.08. The lowest BCUT2D eigenvalue weighted by Crippen LogP contribution is -2.39. The number of amides is 1. The maximum atomic E-state index is 12.9. The van der Waals surface area contributed by atoms with Crippen molar-refractivity contribution in [2.75, 3.05) is 6.54 Å². The van der Waals surface area contributed by atoms with Gasteiger partial charge >= 0.3 is 0 Å². The molecule has 0 bridgehead atoms. The lowest BCUT2D eigenvalue weighted by atomic mass is 9.93. The molecule has 2 fully saturated rings. The maximum Gasteiger partial charge on any atom is 0.226 e. The molecule has 1 saturated heterocycles. The van der Waals surface area contributed by atoms with Gasteiger partial charge in [-0.25, -0.2) is 0 Å². The molecule has 148 valence electrons. The summed E-state index contributed by atoms with van der Waals surface area (Å²) in [4.78, 5) is 15.1. The molecule has 3 nitrogen and oxygen atoms in total. The number of halogens is 1. The second kappa shape index (κ2) is 8.67. The fourth-order valence-corrected chi connectivity index (χ4v) is 4.93. The highest BCUT2D eigenvalue weighted by Crippen LogP contribution is 2.33. The van der Waals surface area contributed by atoms with Crippen molar-refractivity contribution in [1.29, 1.82) is 0 Å². The summed E-state index contributed by atoms with van der Waals surface area (Å²) >= 11 is 6.58. The smallest absolute Gasteiger partial charge is 0.226 e. The summed E-state index contributed by atoms with van der Waals surface area (Å²) in [5.74, 6) is 0.390. The van der Waals surface area contributed by atoms with Crippen LogP contribution in [0.2, 0.25) is 5.02 Å². The monoisotopic (exact) mass is 397 g/mol. The van der Waals surface area contributed by atoms with E-state index in [1.165, 1.54) is 32.1 Å². The second-order valence-electron chi connectivity index (χ2n) is 8.17. The van der Waals surface area contributed by atoms with Gasteiger partial charge in [-0.15, -0.1) is 0 Å². The molecular weight excluding hydrogens is 370 g/mol. The van der Waals surface area contributed by atoms with Gasteiger partial charge in [0.15, 0.2) is 0 Å². The molecule has 1 N–H and O–H groups in total. The van der Waals surface area contributed by atoms with Crippen molar-refractivity contribution < 1.29 is 9.90 Å². The molecule has 2 aliphatic rings. The predicted octanol–water partition coefficient (Wildman–Crippen LogP) is 5.22. The standard InChI is InChI=1S/C24H28ClNO2/c25-23-15-19(18-8-6-17(16-27)7-9-18)10-11-20(23)14-21-12-13-26(24(21)28)22-4-2-1-3-5-22/h6-11,15,21-22,27H,1-5,12-14,16H2. The van der Waals surface area contributed by atoms with E-state index in [2.05, 4.69) is 17.0 Å². The largest absolute Gasteiger partial charge is 0.392 e. The molecule has 1 atom stereocenters. The van der Waals surface area contributed by atoms with E-state index in [-0.39, 0.29) is 12.5 Å². The highest BCUT2D eigenvalue weighted by Gasteiger charge is 2.36. The fourth-order valence-electron chi connectivity index (χ4n) is 4.67. The topological polar surface area (TPSA) is 40.5 Å². The minimum absolute atomic E-state index is 0.0489. The van der Waals surface area contributed by atoms with Crippen LogP contribution in [-0.4, -0.2) is 28.5 Å². The van der Waals surface area contributed by atoms with Crippen molar-refractivity contribution in [2.45, 2.75) is 57.6 Å². The summed E-state index contributed by atoms with van der Waals surface area (Å²) in [6.45, 7) is 0.953. The molecule has 1 heterocycles. The number of rotatable bonds is 5. The average Bonchev–Trinajstić information content (AvgIpc) is 3.10. The Bertz CT molecular complexity index is 827. The van der Waals surface area contributed by atoms with E-state index in [0.717, 1.165) is 46.7 Å². The second-order valence-corrected chi connectivity index (χ2v) is 8.58. The Kier molecular flexibility index (Phi) is 6.03. The molecule has 4 rings (SSSR count). The first kappa shape index (κ1) is 19.5. The number of aliphatic hydroxyl groups excluding tert-OH is 1. The number of hydrogen-bond acceptors (Lipinski definition) is 2. The van der Waals surface area contributed by atoms with Gasteiger partial charge in [0.2, 0.25) is 5.91 Å². The summed E-state index contributed by atoms with van der Waals surface area (Å²) < 4.78 is 0. The summed E-state index contributed by atoms with van der Waals surface area (Å²) in [5, 5.41) is 9.92. The molecule has 1 unspecified atom stereocenters. The molecule has 1 aliphatic heterocycles. The van der Waals surface area contributed by atoms with Crippen molar-refractivity contribution in [3.63, 3.8) is 0 Å². The minimum atomic E-state index is 0.0489. The number of nitrogens with zero attached hydrogens (tertiary/aromatic N) is 1. The molecule has 0 aromatic heterocycles. The average molecular weight is 398 g/mol. The van der Waals surface area contributed by atoms with Gasteiger partial charge in [-0.1, -0.05) is 67.3 Å². The zero-order valence-electron chi connectivity index (χ0n) is 16.2. The van der Waals surface area contributed by atoms with E-state index in [1.807, 2.05) is 30.3 Å². The number of carbonyl (C=O) groups excluding carboxylic acids is 1. The van der Waals surface area contributed by atoms with Gasteiger partial charge in [-0.3, -0.25) is 4.79 Å². The van der Waals surface area contributed by atoms with Crippen molar-refractivity contribution >= 4 is 17.5 Å². The van der Waals surface area contributed by atoms with Crippen LogP contribution in [0.15, 0.2) is 42.5 Å². The lowest BCUT2D eigenvalue weighted by Gasteiger charge is -2.31. The van der Waals surface area contributed by atoms with Crippen LogP contribution in [0.25, 0.3) is 11.1 Å². The number of benzene rings is 2. The third-order valence-corrected chi connectivity index (χ3v) is 6.71. The van der Waals surface area contributed by atoms with Crippen LogP contribution in [0, 0.1) is 5.92 Å². The van der Waals surface area contributed by atoms with Gasteiger partial charge in [-0.2, -0.15) is 0 Å². The van der Waals surface area contributed by atoms with Crippen molar-refractivity contribution in [3.05, 3.63) is 58.6 Å². The van der Waals surface area contributed by atoms with E-state index in [1.54, 1.807) is 0 Å². The zero-order chi connectivity index (χ0) is 19.5. The number of aliphatic hydroxyl groups is 1. The van der Waals surface area contributed by atoms with Crippen molar-refractivity contribution in [3.8, 4) is 11.1 Å². The predicted molar refractivity (Wildman–Crippen MR) is 113 cm³/mol. The third-order valence-electron chi connectivity index (χ3n) is 6.36. The highest BCUT2D eigenvalue weighted by molar-refractivity contribution is 6.31. The van der Waals surface area contributed by atoms with Gasteiger partial charge in [0.05, 0.1) is 6.61 Å². The van der Waals surface area contributed by atoms with Crippen molar-refractivity contribution in [1.82, 2.24) is 4.90 Å². The normalized spacial score (nSPS) is 20.7. The first-order valence-corrected chi connectivity index (χ1v) is 10.8. The Morgan fingerprint density at radius 3 is 2.36 bits per heavy atom. The van der Waals surface area contributed by atoms with E-state index in [4.69, 9.17) is 11.6 Å². The molecule has 0 radical (unpaired) electrons. The van der Waals surface area contributed by atoms with Crippen molar-refractivity contribution in [2.24, 2.45) is 5.92 Å². The Balaban J connectivity index is 1.44. The van der Waals surface area contributed by atoms with Gasteiger partial charge < -0.3 is 10.0 Å². The molecule has 2 aromatic carbocycles. The molecule has 1 amide bonds. The van der Waals surface area contributed by atoms with Crippen LogP contribution in [0.1, 0.15) is 49.7 Å². The zero-order valence-corrected chi connectivity index (χ0v) is 17.0. The lowest BCUT2D eigenvalue weighted by molar-refractivity contribution is -0.133. The third kappa shape index (κ3) is 4.11. The summed E-state index contributed by atoms with van der Waals surface area (Å²) in [6.07, 6.45) is 7.83. The SMILES string of the molecule is O=C1C(Cc2ccc(-c3ccc(CO)cc3)cc2Cl)CCN1C1CCCCC1. The van der Waals surface area contributed by atoms with Crippen LogP contribution in [0.3, 0.4) is 0 Å². The van der Waals surface area contributed by atoms with E-state index >= 15 is 0 Å². The summed E-state index contributed by atoms with van der Waals surface area (Å²) in [6, 6.07) is 14.4. The fraction of sp³-hybridized carbons (Fsp3) is 0.458. The van der Waals surface area contributed by atoms with Gasteiger partial charge in [0.1, 0.15) is 0 Å². The van der Waals surface area contributed by atoms with Gasteiger partial charge in [0.25, 0.3) is 0 Å². The van der Waals surface area contributed by atoms with Crippen LogP contribution < -0.4 is 0 Å². The summed E-state index contributed by atoms with van der Waals surface area (Å²) in [7, 11) is 0. The molecule has 2 aromatic rings. The maximum absolute atomic E-state index is 12.9. The number of hydrogen-bond donors (Lipinski definition) is 1. The van der Waals surface area contributed by atoms with E-state index in [0.29, 0.717) is 11.9 Å². The van der Waals surface area contributed by atoms with Gasteiger partial charge in [-0.05, 0) is 54.0 Å². The molecule has 0 spiro atoms. The minimum Gasteiger partial charge on any atom is -0.392 e. The highest BCUT2D eigenvalue weighted by atomic mass is 35.5. The first-order valence-electron chi connectivity index (χ1n) is 10.4. The van der Waals surface area contributed by atoms with Crippen LogP contribution in [-0.2, 0) is 17.8 Å². The quantitative estimate of drug-likeness (QED) is 0.751. The molecule has 4 heteroatoms. The Labute approximate surface area is 172 Å². The Morgan fingerprint density at radius 1 is 0.964 bits per heavy atom. The Hall–Kier alpha value is -1.84. The Morgan fingerprint density at radius 2 is 1.68 bits per heavy atom. The van der Waals surface area contributed by atoms with Crippen LogP contribution >= 0.6 is 11.6 Å². The number of carbonyl (C=O) groups is 1. The number of likely N-dealkylation sites (tertiary alicyclic amines) is 1. The van der Waals surface area contributed by atoms with Crippen LogP contribution in [0.5, 0.6) is 0 Å². The van der Waals surface area contributed by atoms with Gasteiger partial charge in [0, 0.05) is 23.5 Å². The molecule has 1 aliphatic carbocycles. The molecule has 1 saturated carbocycles.